The molecule has 5 rings (SSSR count). The molecule has 1 aliphatic rings. The highest BCUT2D eigenvalue weighted by Gasteiger charge is 2.30. The average molecular weight is 596 g/mol. The number of carbonyl (C=O) groups is 2. The van der Waals surface area contributed by atoms with E-state index in [0.717, 1.165) is 16.7 Å². The Bertz CT molecular complexity index is 1520. The Morgan fingerprint density at radius 1 is 0.864 bits per heavy atom. The third-order valence-corrected chi connectivity index (χ3v) is 7.71. The quantitative estimate of drug-likeness (QED) is 0.176. The highest BCUT2D eigenvalue weighted by molar-refractivity contribution is 5.79. The van der Waals surface area contributed by atoms with Gasteiger partial charge in [0.05, 0.1) is 39.5 Å². The molecule has 0 radical (unpaired) electrons. The molecular formula is C35H37N3O6. The van der Waals surface area contributed by atoms with Crippen molar-refractivity contribution in [2.75, 3.05) is 27.4 Å². The molecule has 1 aromatic heterocycles. The number of amides is 2. The molecular weight excluding hydrogens is 558 g/mol. The van der Waals surface area contributed by atoms with Crippen molar-refractivity contribution in [1.82, 2.24) is 9.88 Å². The number of unbranched alkanes of at least 4 members (excludes halogenated alkanes) is 1. The van der Waals surface area contributed by atoms with Crippen molar-refractivity contribution in [2.24, 2.45) is 5.73 Å². The zero-order valence-corrected chi connectivity index (χ0v) is 25.0. The monoisotopic (exact) mass is 595 g/mol. The molecule has 2 amide bonds. The molecule has 9 heteroatoms. The Morgan fingerprint density at radius 3 is 2.11 bits per heavy atom. The minimum Gasteiger partial charge on any atom is -0.496 e. The second kappa shape index (κ2) is 14.4. The number of fused-ring (bicyclic) bond motifs is 3. The number of hydrogen-bond donors (Lipinski definition) is 1. The van der Waals surface area contributed by atoms with E-state index in [1.54, 1.807) is 43.6 Å². The highest BCUT2D eigenvalue weighted by Crippen LogP contribution is 2.44. The van der Waals surface area contributed by atoms with Crippen molar-refractivity contribution >= 4 is 12.0 Å². The lowest BCUT2D eigenvalue weighted by Crippen LogP contribution is -2.32. The normalized spacial score (nSPS) is 11.8. The fraction of sp³-hybridized carbons (Fsp3) is 0.286. The lowest BCUT2D eigenvalue weighted by molar-refractivity contribution is -0.118. The van der Waals surface area contributed by atoms with Crippen molar-refractivity contribution in [1.29, 1.82) is 0 Å². The van der Waals surface area contributed by atoms with Crippen molar-refractivity contribution in [3.05, 3.63) is 107 Å². The Kier molecular flexibility index (Phi) is 9.96. The first-order chi connectivity index (χ1) is 21.5. The van der Waals surface area contributed by atoms with Crippen LogP contribution < -0.4 is 19.9 Å². The topological polar surface area (TPSA) is 113 Å². The summed E-state index contributed by atoms with van der Waals surface area (Å²) in [5, 5.41) is 0. The van der Waals surface area contributed by atoms with Gasteiger partial charge in [0.25, 0.3) is 0 Å². The lowest BCUT2D eigenvalue weighted by Gasteiger charge is -2.25. The van der Waals surface area contributed by atoms with Gasteiger partial charge in [0.1, 0.15) is 23.9 Å². The van der Waals surface area contributed by atoms with Crippen LogP contribution >= 0.6 is 0 Å². The van der Waals surface area contributed by atoms with E-state index in [1.807, 2.05) is 36.4 Å². The van der Waals surface area contributed by atoms with E-state index in [1.165, 1.54) is 11.1 Å². The highest BCUT2D eigenvalue weighted by atomic mass is 16.6. The summed E-state index contributed by atoms with van der Waals surface area (Å²) in [6.45, 7) is 1.05. The van der Waals surface area contributed by atoms with Crippen LogP contribution in [0.15, 0.2) is 85.2 Å². The summed E-state index contributed by atoms with van der Waals surface area (Å²) in [5.74, 6) is 1.19. The molecule has 0 fully saturated rings. The van der Waals surface area contributed by atoms with Crippen LogP contribution in [0, 0.1) is 0 Å². The summed E-state index contributed by atoms with van der Waals surface area (Å²) < 4.78 is 23.4. The number of hydrogen-bond acceptors (Lipinski definition) is 7. The van der Waals surface area contributed by atoms with E-state index >= 15 is 0 Å². The summed E-state index contributed by atoms with van der Waals surface area (Å²) >= 11 is 0. The predicted octanol–water partition coefficient (Wildman–Crippen LogP) is 6.08. The van der Waals surface area contributed by atoms with Crippen LogP contribution in [0.2, 0.25) is 0 Å². The third kappa shape index (κ3) is 7.11. The van der Waals surface area contributed by atoms with E-state index in [4.69, 9.17) is 24.7 Å². The number of carbonyl (C=O) groups excluding carboxylic acids is 2. The molecule has 0 aliphatic heterocycles. The Hall–Kier alpha value is -5.05. The minimum absolute atomic E-state index is 0.0601. The number of pyridine rings is 1. The standard InChI is InChI=1S/C35H37N3O6/c1-41-32-18-25(43-17-8-7-15-34(36)39)19-33(42-2)30(32)22-38(21-24-10-9-16-37-20-24)35(40)44-23-31-28-13-5-3-11-26(28)27-12-4-6-14-29(27)31/h3-6,9-14,16,18-20,31H,7-8,15,17,21-23H2,1-2H3,(H2,36,39). The van der Waals surface area contributed by atoms with Crippen molar-refractivity contribution in [3.8, 4) is 28.4 Å². The first-order valence-electron chi connectivity index (χ1n) is 14.6. The fourth-order valence-corrected chi connectivity index (χ4v) is 5.56. The molecule has 44 heavy (non-hydrogen) atoms. The van der Waals surface area contributed by atoms with Gasteiger partial charge in [0.2, 0.25) is 5.91 Å². The van der Waals surface area contributed by atoms with Crippen LogP contribution in [0.4, 0.5) is 4.79 Å². The molecule has 0 bridgehead atoms. The Morgan fingerprint density at radius 2 is 1.52 bits per heavy atom. The molecule has 0 saturated carbocycles. The van der Waals surface area contributed by atoms with Crippen LogP contribution in [0.25, 0.3) is 11.1 Å². The number of nitrogens with zero attached hydrogens (tertiary/aromatic N) is 2. The second-order valence-electron chi connectivity index (χ2n) is 10.6. The summed E-state index contributed by atoms with van der Waals surface area (Å²) in [4.78, 5) is 30.6. The van der Waals surface area contributed by atoms with Gasteiger partial charge in [-0.05, 0) is 46.7 Å². The summed E-state index contributed by atoms with van der Waals surface area (Å²) in [7, 11) is 3.13. The maximum atomic E-state index is 13.8. The number of primary amides is 1. The van der Waals surface area contributed by atoms with Gasteiger partial charge in [-0.3, -0.25) is 14.7 Å². The maximum Gasteiger partial charge on any atom is 0.410 e. The zero-order chi connectivity index (χ0) is 30.9. The van der Waals surface area contributed by atoms with E-state index in [-0.39, 0.29) is 31.5 Å². The van der Waals surface area contributed by atoms with Crippen LogP contribution in [0.5, 0.6) is 17.2 Å². The van der Waals surface area contributed by atoms with Gasteiger partial charge in [-0.15, -0.1) is 0 Å². The van der Waals surface area contributed by atoms with E-state index < -0.39 is 6.09 Å². The number of methoxy groups -OCH3 is 2. The summed E-state index contributed by atoms with van der Waals surface area (Å²) in [6, 6.07) is 23.8. The fourth-order valence-electron chi connectivity index (χ4n) is 5.56. The van der Waals surface area contributed by atoms with Gasteiger partial charge in [-0.1, -0.05) is 54.6 Å². The Balaban J connectivity index is 1.35. The largest absolute Gasteiger partial charge is 0.496 e. The van der Waals surface area contributed by atoms with Gasteiger partial charge in [0.15, 0.2) is 0 Å². The summed E-state index contributed by atoms with van der Waals surface area (Å²) in [6.07, 6.45) is 4.60. The first kappa shape index (κ1) is 30.4. The van der Waals surface area contributed by atoms with Crippen LogP contribution in [-0.4, -0.2) is 49.3 Å². The molecule has 228 valence electrons. The van der Waals surface area contributed by atoms with Gasteiger partial charge in [0, 0.05) is 36.9 Å². The number of nitrogens with two attached hydrogens (primary N) is 1. The number of aromatic nitrogens is 1. The van der Waals surface area contributed by atoms with Crippen LogP contribution in [0.1, 0.15) is 47.4 Å². The van der Waals surface area contributed by atoms with Crippen molar-refractivity contribution in [2.45, 2.75) is 38.3 Å². The minimum atomic E-state index is -0.463. The van der Waals surface area contributed by atoms with Crippen molar-refractivity contribution in [3.63, 3.8) is 0 Å². The number of benzene rings is 3. The Labute approximate surface area is 257 Å². The number of rotatable bonds is 14. The molecule has 3 aromatic carbocycles. The molecule has 9 nitrogen and oxygen atoms in total. The summed E-state index contributed by atoms with van der Waals surface area (Å²) in [5.41, 5.74) is 11.4. The van der Waals surface area contributed by atoms with E-state index in [2.05, 4.69) is 29.2 Å². The average Bonchev–Trinajstić information content (AvgIpc) is 3.37. The van der Waals surface area contributed by atoms with E-state index in [0.29, 0.717) is 48.7 Å². The van der Waals surface area contributed by atoms with Gasteiger partial charge in [-0.25, -0.2) is 4.79 Å². The van der Waals surface area contributed by atoms with Gasteiger partial charge < -0.3 is 24.7 Å². The molecule has 1 heterocycles. The van der Waals surface area contributed by atoms with Crippen molar-refractivity contribution < 1.29 is 28.5 Å². The second-order valence-corrected chi connectivity index (χ2v) is 10.6. The molecule has 4 aromatic rings. The van der Waals surface area contributed by atoms with Crippen LogP contribution in [-0.2, 0) is 22.6 Å². The molecule has 0 spiro atoms. The maximum absolute atomic E-state index is 13.8. The predicted molar refractivity (Wildman–Crippen MR) is 167 cm³/mol. The SMILES string of the molecule is COc1cc(OCCCCC(N)=O)cc(OC)c1CN(Cc1cccnc1)C(=O)OCC1c2ccccc2-c2ccccc21. The lowest BCUT2D eigenvalue weighted by atomic mass is 9.98. The molecule has 0 unspecified atom stereocenters. The van der Waals surface area contributed by atoms with E-state index in [9.17, 15) is 9.59 Å². The van der Waals surface area contributed by atoms with Gasteiger partial charge in [-0.2, -0.15) is 0 Å². The zero-order valence-electron chi connectivity index (χ0n) is 25.0. The van der Waals surface area contributed by atoms with Gasteiger partial charge >= 0.3 is 6.09 Å². The number of ether oxygens (including phenoxy) is 4. The molecule has 0 saturated heterocycles. The molecule has 0 atom stereocenters. The smallest absolute Gasteiger partial charge is 0.410 e. The third-order valence-electron chi connectivity index (χ3n) is 7.71. The molecule has 2 N–H and O–H groups in total. The first-order valence-corrected chi connectivity index (χ1v) is 14.6. The molecule has 1 aliphatic carbocycles. The van der Waals surface area contributed by atoms with Crippen LogP contribution in [0.3, 0.4) is 0 Å².